The molecule has 58 valence electrons. The van der Waals surface area contributed by atoms with Crippen LogP contribution in [0.15, 0.2) is 35.2 Å². The summed E-state index contributed by atoms with van der Waals surface area (Å²) >= 11 is -1.64. The van der Waals surface area contributed by atoms with E-state index < -0.39 is 11.1 Å². The molecule has 0 saturated carbocycles. The number of hydrogen-bond acceptors (Lipinski definition) is 3. The maximum absolute atomic E-state index is 10.9. The van der Waals surface area contributed by atoms with Crippen molar-refractivity contribution in [2.45, 2.75) is 4.90 Å². The van der Waals surface area contributed by atoms with E-state index in [0.717, 1.165) is 0 Å². The zero-order valence-electron chi connectivity index (χ0n) is 5.56. The van der Waals surface area contributed by atoms with Gasteiger partial charge in [-0.05, 0) is 12.1 Å². The van der Waals surface area contributed by atoms with E-state index in [9.17, 15) is 4.21 Å². The fraction of sp³-hybridized carbons (Fsp3) is 0. The van der Waals surface area contributed by atoms with Crippen LogP contribution in [0.3, 0.4) is 0 Å². The average molecular weight is 191 g/mol. The van der Waals surface area contributed by atoms with Gasteiger partial charge in [0.15, 0.2) is 0 Å². The van der Waals surface area contributed by atoms with Crippen LogP contribution >= 0.6 is 0 Å². The zero-order chi connectivity index (χ0) is 8.10. The van der Waals surface area contributed by atoms with E-state index in [0.29, 0.717) is 4.90 Å². The molecule has 0 heterocycles. The molecule has 0 aromatic heterocycles. The molecule has 0 radical (unpaired) electrons. The summed E-state index contributed by atoms with van der Waals surface area (Å²) in [5.41, 5.74) is 0. The first-order chi connectivity index (χ1) is 5.34. The van der Waals surface area contributed by atoms with Crippen LogP contribution in [-0.4, -0.2) is 33.8 Å². The van der Waals surface area contributed by atoms with Crippen molar-refractivity contribution in [1.82, 2.24) is 0 Å². The zero-order valence-corrected chi connectivity index (χ0v) is 6.38. The Balaban J connectivity index is 0.00000121. The predicted molar refractivity (Wildman–Crippen MR) is 46.7 cm³/mol. The molecular formula is C7H6NNaO2S. The predicted octanol–water partition coefficient (Wildman–Crippen LogP) is 0.558. The maximum atomic E-state index is 10.9. The van der Waals surface area contributed by atoms with Crippen molar-refractivity contribution in [1.29, 1.82) is 5.26 Å². The molecule has 0 aliphatic carbocycles. The molecule has 5 heteroatoms. The second kappa shape index (κ2) is 6.21. The molecule has 0 N–H and O–H groups in total. The van der Waals surface area contributed by atoms with E-state index in [1.807, 2.05) is 0 Å². The summed E-state index contributed by atoms with van der Waals surface area (Å²) in [4.78, 5) is 0.494. The van der Waals surface area contributed by atoms with Gasteiger partial charge >= 0.3 is 35.8 Å². The van der Waals surface area contributed by atoms with Crippen molar-refractivity contribution in [3.63, 3.8) is 0 Å². The second-order valence-corrected chi connectivity index (χ2v) is 2.83. The Morgan fingerprint density at radius 2 is 1.92 bits per heavy atom. The van der Waals surface area contributed by atoms with Crippen LogP contribution in [0, 0.1) is 11.5 Å². The molecule has 0 amide bonds. The summed E-state index contributed by atoms with van der Waals surface area (Å²) in [6, 6.07) is 8.52. The molecule has 0 aliphatic heterocycles. The first-order valence-electron chi connectivity index (χ1n) is 2.88. The van der Waals surface area contributed by atoms with Crippen molar-refractivity contribution in [3.05, 3.63) is 30.3 Å². The van der Waals surface area contributed by atoms with Crippen molar-refractivity contribution >= 4 is 40.6 Å². The van der Waals surface area contributed by atoms with Gasteiger partial charge in [-0.3, -0.25) is 0 Å². The molecule has 3 nitrogen and oxygen atoms in total. The van der Waals surface area contributed by atoms with E-state index in [1.165, 1.54) is 6.26 Å². The Hall–Kier alpha value is -0.340. The molecule has 0 fully saturated rings. The molecular weight excluding hydrogens is 185 g/mol. The van der Waals surface area contributed by atoms with Crippen molar-refractivity contribution in [2.75, 3.05) is 0 Å². The minimum atomic E-state index is -1.64. The van der Waals surface area contributed by atoms with Crippen LogP contribution in [0.4, 0.5) is 0 Å². The van der Waals surface area contributed by atoms with Crippen molar-refractivity contribution in [2.24, 2.45) is 0 Å². The topological polar surface area (TPSA) is 50.1 Å². The Bertz CT molecular complexity index is 296. The monoisotopic (exact) mass is 191 g/mol. The van der Waals surface area contributed by atoms with Gasteiger partial charge in [-0.25, -0.2) is 4.21 Å². The van der Waals surface area contributed by atoms with E-state index in [2.05, 4.69) is 4.18 Å². The van der Waals surface area contributed by atoms with Crippen LogP contribution in [0.2, 0.25) is 0 Å². The third kappa shape index (κ3) is 3.37. The molecule has 1 atom stereocenters. The molecule has 1 aromatic carbocycles. The second-order valence-electron chi connectivity index (χ2n) is 1.72. The third-order valence-corrected chi connectivity index (χ3v) is 1.93. The number of benzene rings is 1. The normalized spacial score (nSPS) is 10.6. The standard InChI is InChI=1S/C7H5NO2S.Na.H/c8-6-10-11(9)7-4-2-1-3-5-7;;/h1-5H;;. The summed E-state index contributed by atoms with van der Waals surface area (Å²) in [7, 11) is 0. The van der Waals surface area contributed by atoms with Gasteiger partial charge in [0, 0.05) is 0 Å². The van der Waals surface area contributed by atoms with E-state index in [4.69, 9.17) is 5.26 Å². The minimum absolute atomic E-state index is 0. The van der Waals surface area contributed by atoms with Gasteiger partial charge in [0.1, 0.15) is 0 Å². The van der Waals surface area contributed by atoms with Gasteiger partial charge in [-0.1, -0.05) is 18.2 Å². The first-order valence-corrected chi connectivity index (χ1v) is 3.95. The van der Waals surface area contributed by atoms with E-state index in [1.54, 1.807) is 30.3 Å². The Morgan fingerprint density at radius 1 is 1.33 bits per heavy atom. The Morgan fingerprint density at radius 3 is 2.42 bits per heavy atom. The van der Waals surface area contributed by atoms with Gasteiger partial charge in [-0.15, -0.1) is 5.26 Å². The molecule has 0 saturated heterocycles. The molecule has 1 rings (SSSR count). The number of hydrogen-bond donors (Lipinski definition) is 0. The van der Waals surface area contributed by atoms with Gasteiger partial charge in [0.2, 0.25) is 0 Å². The molecule has 0 bridgehead atoms. The van der Waals surface area contributed by atoms with Gasteiger partial charge < -0.3 is 4.18 Å². The average Bonchev–Trinajstić information content (AvgIpc) is 2.07. The molecule has 0 aliphatic rings. The third-order valence-electron chi connectivity index (χ3n) is 1.05. The summed E-state index contributed by atoms with van der Waals surface area (Å²) < 4.78 is 15.1. The molecule has 0 spiro atoms. The number of nitrogens with zero attached hydrogens (tertiary/aromatic N) is 1. The molecule has 12 heavy (non-hydrogen) atoms. The van der Waals surface area contributed by atoms with Crippen molar-refractivity contribution < 1.29 is 8.39 Å². The van der Waals surface area contributed by atoms with Crippen LogP contribution < -0.4 is 0 Å². The van der Waals surface area contributed by atoms with Gasteiger partial charge in [0.25, 0.3) is 11.1 Å². The van der Waals surface area contributed by atoms with Crippen LogP contribution in [0.25, 0.3) is 0 Å². The number of rotatable bonds is 2. The number of nitriles is 1. The summed E-state index contributed by atoms with van der Waals surface area (Å²) in [5, 5.41) is 8.03. The quantitative estimate of drug-likeness (QED) is 0.507. The van der Waals surface area contributed by atoms with Crippen LogP contribution in [0.1, 0.15) is 0 Å². The van der Waals surface area contributed by atoms with Gasteiger partial charge in [0.05, 0.1) is 4.90 Å². The summed E-state index contributed by atoms with van der Waals surface area (Å²) in [6.07, 6.45) is 1.37. The summed E-state index contributed by atoms with van der Waals surface area (Å²) in [6.45, 7) is 0. The Labute approximate surface area is 95.3 Å². The van der Waals surface area contributed by atoms with Crippen LogP contribution in [0.5, 0.6) is 0 Å². The van der Waals surface area contributed by atoms with E-state index in [-0.39, 0.29) is 29.6 Å². The van der Waals surface area contributed by atoms with Gasteiger partial charge in [-0.2, -0.15) is 0 Å². The Kier molecular flexibility index (Phi) is 6.03. The fourth-order valence-electron chi connectivity index (χ4n) is 0.614. The van der Waals surface area contributed by atoms with E-state index >= 15 is 0 Å². The van der Waals surface area contributed by atoms with Crippen LogP contribution in [-0.2, 0) is 15.3 Å². The first kappa shape index (κ1) is 11.7. The molecule has 1 aromatic rings. The fourth-order valence-corrected chi connectivity index (χ4v) is 1.16. The van der Waals surface area contributed by atoms with Crippen molar-refractivity contribution in [3.8, 4) is 6.26 Å². The summed E-state index contributed by atoms with van der Waals surface area (Å²) in [5.74, 6) is 0. The molecule has 1 unspecified atom stereocenters. The SMILES string of the molecule is N#COS(=O)c1ccccc1.[NaH].